The van der Waals surface area contributed by atoms with Gasteiger partial charge in [0.25, 0.3) is 0 Å². The molecule has 0 saturated carbocycles. The van der Waals surface area contributed by atoms with E-state index < -0.39 is 25.9 Å². The van der Waals surface area contributed by atoms with Gasteiger partial charge >= 0.3 is 57.3 Å². The second-order valence-electron chi connectivity index (χ2n) is 0.756. The van der Waals surface area contributed by atoms with Crippen molar-refractivity contribution in [1.82, 2.24) is 0 Å². The Hall–Kier alpha value is -0.281. The second kappa shape index (κ2) is 5.38. The van der Waals surface area contributed by atoms with Crippen molar-refractivity contribution in [1.29, 1.82) is 0 Å². The van der Waals surface area contributed by atoms with Gasteiger partial charge in [-0.25, -0.2) is 0 Å². The molecular weight excluding hydrogens is 254 g/mol. The van der Waals surface area contributed by atoms with Gasteiger partial charge in [-0.05, 0) is 0 Å². The van der Waals surface area contributed by atoms with E-state index in [1.54, 1.807) is 0 Å². The molecule has 72 valence electrons. The van der Waals surface area contributed by atoms with Crippen molar-refractivity contribution >= 4 is 0 Å². The predicted molar refractivity (Wildman–Crippen MR) is 10.4 cm³/mol. The zero-order valence-corrected chi connectivity index (χ0v) is 7.09. The van der Waals surface area contributed by atoms with Gasteiger partial charge < -0.3 is 5.48 Å². The van der Waals surface area contributed by atoms with Crippen LogP contribution in [0.25, 0.3) is 0 Å². The molecule has 0 aliphatic carbocycles. The third kappa shape index (κ3) is 7330. The number of hydrogen-bond acceptors (Lipinski definition) is 8. The minimum atomic E-state index is -5.62. The fourth-order valence-corrected chi connectivity index (χ4v) is 0. The Kier molecular flexibility index (Phi) is 8.31. The van der Waals surface area contributed by atoms with Crippen LogP contribution in [0.1, 0.15) is 0 Å². The van der Waals surface area contributed by atoms with Gasteiger partial charge in [-0.3, -0.25) is 0 Å². The van der Waals surface area contributed by atoms with Gasteiger partial charge in [0.05, 0.1) is 0 Å². The molecule has 9 nitrogen and oxygen atoms in total. The topological polar surface area (TPSA) is 183 Å². The Morgan fingerprint density at radius 3 is 0.636 bits per heavy atom. The van der Waals surface area contributed by atoms with Crippen molar-refractivity contribution in [2.45, 2.75) is 0 Å². The van der Waals surface area contributed by atoms with Crippen molar-refractivity contribution in [2.75, 3.05) is 0 Å². The Morgan fingerprint density at radius 1 is 0.636 bits per heavy atom. The molecule has 11 heavy (non-hydrogen) atoms. The quantitative estimate of drug-likeness (QED) is 0.390. The normalized spacial score (nSPS) is 10.4. The molecule has 0 spiro atoms. The fraction of sp³-hybridized carbons (Fsp3) is 0. The summed E-state index contributed by atoms with van der Waals surface area (Å²) in [7, 11) is 0. The summed E-state index contributed by atoms with van der Waals surface area (Å²) in [6.45, 7) is 0. The Balaban J connectivity index is -0.000000107. The van der Waals surface area contributed by atoms with Gasteiger partial charge in [0, 0.05) is 0 Å². The van der Waals surface area contributed by atoms with Gasteiger partial charge in [-0.1, -0.05) is 0 Å². The van der Waals surface area contributed by atoms with Crippen LogP contribution in [0.3, 0.4) is 0 Å². The fourth-order valence-electron chi connectivity index (χ4n) is 0. The third-order valence-corrected chi connectivity index (χ3v) is 0. The van der Waals surface area contributed by atoms with Crippen LogP contribution >= 0.6 is 0 Å². The predicted octanol–water partition coefficient (Wildman–Crippen LogP) is -4.29. The van der Waals surface area contributed by atoms with E-state index in [-0.39, 0.29) is 5.48 Å². The third-order valence-electron chi connectivity index (χ3n) is 0. The molecule has 0 rings (SSSR count). The molecule has 0 bridgehead atoms. The van der Waals surface area contributed by atoms with Crippen molar-refractivity contribution in [3.63, 3.8) is 0 Å². The van der Waals surface area contributed by atoms with Crippen LogP contribution in [0.2, 0.25) is 0 Å². The van der Waals surface area contributed by atoms with Crippen LogP contribution in [0.5, 0.6) is 0 Å². The first kappa shape index (κ1) is 17.0. The molecular formula is H4Mn2O9. The molecule has 0 fully saturated rings. The van der Waals surface area contributed by atoms with E-state index in [1.165, 1.54) is 0 Å². The molecule has 0 radical (unpaired) electrons. The molecule has 0 aromatic rings. The van der Waals surface area contributed by atoms with E-state index in [4.69, 9.17) is 31.4 Å². The molecule has 0 aromatic heterocycles. The first-order valence-electron chi connectivity index (χ1n) is 1.23. The molecule has 0 amide bonds. The Bertz CT molecular complexity index is 292. The van der Waals surface area contributed by atoms with Crippen molar-refractivity contribution in [3.8, 4) is 0 Å². The summed E-state index contributed by atoms with van der Waals surface area (Å²) in [5.41, 5.74) is 0. The molecule has 0 heterocycles. The minimum absolute atomic E-state index is 0. The maximum atomic E-state index is 8.58. The van der Waals surface area contributed by atoms with E-state index in [0.29, 0.717) is 0 Å². The van der Waals surface area contributed by atoms with Crippen molar-refractivity contribution < 1.29 is 62.8 Å². The van der Waals surface area contributed by atoms with Crippen LogP contribution in [-0.4, -0.2) is 0 Å². The molecule has 11 heteroatoms. The van der Waals surface area contributed by atoms with E-state index in [1.807, 2.05) is 0 Å². The first-order chi connectivity index (χ1) is 4.00. The average molecular weight is 258 g/mol. The van der Waals surface area contributed by atoms with E-state index in [2.05, 4.69) is 0 Å². The van der Waals surface area contributed by atoms with Crippen molar-refractivity contribution in [3.05, 3.63) is 0 Å². The van der Waals surface area contributed by atoms with Gasteiger partial charge in [0.2, 0.25) is 0 Å². The molecule has 0 aromatic carbocycles. The maximum absolute atomic E-state index is 8.58. The summed E-state index contributed by atoms with van der Waals surface area (Å²) in [5, 5.41) is 0. The summed E-state index contributed by atoms with van der Waals surface area (Å²) in [6.07, 6.45) is 0. The standard InChI is InChI=1S/2Mn.H4O.8O/h;;1H4;;;;;;;;/q;;+2;;;;;;;2*-1. The summed E-state index contributed by atoms with van der Waals surface area (Å²) in [6, 6.07) is 0. The molecule has 0 aliphatic heterocycles. The van der Waals surface area contributed by atoms with Crippen LogP contribution < -0.4 is 8.38 Å². The number of rotatable bonds is 0. The van der Waals surface area contributed by atoms with E-state index in [9.17, 15) is 0 Å². The van der Waals surface area contributed by atoms with Crippen LogP contribution in [0, 0.1) is 0 Å². The SMILES string of the molecule is [OH4+2].[O]=[Mn](=[O])(=[O])[O-].[O]=[Mn](=[O])(=[O])[O-]. The Morgan fingerprint density at radius 2 is 0.636 bits per heavy atom. The van der Waals surface area contributed by atoms with Gasteiger partial charge in [0.15, 0.2) is 0 Å². The average Bonchev–Trinajstić information content (AvgIpc) is 1.12. The zero-order valence-electron chi connectivity index (χ0n) is 4.73. The molecule has 0 saturated heterocycles. The van der Waals surface area contributed by atoms with Crippen LogP contribution in [-0.2, 0) is 54.4 Å². The monoisotopic (exact) mass is 258 g/mol. The van der Waals surface area contributed by atoms with Gasteiger partial charge in [0.1, 0.15) is 0 Å². The summed E-state index contributed by atoms with van der Waals surface area (Å²) in [5.74, 6) is 0. The van der Waals surface area contributed by atoms with Crippen LogP contribution in [0.15, 0.2) is 0 Å². The van der Waals surface area contributed by atoms with Crippen LogP contribution in [0.4, 0.5) is 0 Å². The summed E-state index contributed by atoms with van der Waals surface area (Å²) < 4.78 is 68.6. The molecule has 0 aliphatic rings. The molecule has 0 unspecified atom stereocenters. The van der Waals surface area contributed by atoms with Crippen molar-refractivity contribution in [2.24, 2.45) is 0 Å². The van der Waals surface area contributed by atoms with Gasteiger partial charge in [-0.15, -0.1) is 0 Å². The summed E-state index contributed by atoms with van der Waals surface area (Å²) in [4.78, 5) is 0. The van der Waals surface area contributed by atoms with Gasteiger partial charge in [-0.2, -0.15) is 0 Å². The second-order valence-corrected chi connectivity index (χ2v) is 3.12. The van der Waals surface area contributed by atoms with E-state index >= 15 is 0 Å². The molecule has 0 atom stereocenters. The summed E-state index contributed by atoms with van der Waals surface area (Å²) >= 11 is -11.2. The Labute approximate surface area is 63.3 Å². The first-order valence-corrected chi connectivity index (χ1v) is 5.09. The van der Waals surface area contributed by atoms with E-state index in [0.717, 1.165) is 0 Å². The number of hydrogen-bond donors (Lipinski definition) is 0. The zero-order chi connectivity index (χ0) is 9.00. The molecule has 4 N–H and O–H groups in total.